The van der Waals surface area contributed by atoms with Crippen LogP contribution in [0.15, 0.2) is 0 Å². The Balaban J connectivity index is 2.59. The predicted octanol–water partition coefficient (Wildman–Crippen LogP) is 0.460. The molecule has 0 spiro atoms. The van der Waals surface area contributed by atoms with Crippen LogP contribution in [0, 0.1) is 5.92 Å². The zero-order valence-corrected chi connectivity index (χ0v) is 8.82. The second-order valence-corrected chi connectivity index (χ2v) is 4.59. The van der Waals surface area contributed by atoms with E-state index < -0.39 is 5.60 Å². The molecule has 0 bridgehead atoms. The SMILES string of the molecule is CC(C)N1CC[C@@H](CO)[C@](C)(O)C1. The third kappa shape index (κ3) is 2.42. The molecule has 1 aliphatic rings. The van der Waals surface area contributed by atoms with Gasteiger partial charge in [-0.25, -0.2) is 0 Å². The maximum Gasteiger partial charge on any atom is 0.0796 e. The smallest absolute Gasteiger partial charge is 0.0796 e. The molecule has 2 atom stereocenters. The van der Waals surface area contributed by atoms with Crippen LogP contribution in [0.4, 0.5) is 0 Å². The van der Waals surface area contributed by atoms with Gasteiger partial charge in [0.15, 0.2) is 0 Å². The molecule has 1 heterocycles. The molecule has 0 saturated carbocycles. The van der Waals surface area contributed by atoms with Crippen molar-refractivity contribution < 1.29 is 10.2 Å². The summed E-state index contributed by atoms with van der Waals surface area (Å²) >= 11 is 0. The molecule has 13 heavy (non-hydrogen) atoms. The van der Waals surface area contributed by atoms with E-state index >= 15 is 0 Å². The standard InChI is InChI=1S/C10H21NO2/c1-8(2)11-5-4-9(6-12)10(3,13)7-11/h8-9,12-13H,4-7H2,1-3H3/t9-,10+/m0/s1. The molecule has 0 aromatic carbocycles. The van der Waals surface area contributed by atoms with Crippen LogP contribution in [0.5, 0.6) is 0 Å². The summed E-state index contributed by atoms with van der Waals surface area (Å²) in [5.41, 5.74) is -0.725. The fourth-order valence-electron chi connectivity index (χ4n) is 1.98. The van der Waals surface area contributed by atoms with Crippen molar-refractivity contribution in [1.82, 2.24) is 4.90 Å². The maximum absolute atomic E-state index is 10.1. The lowest BCUT2D eigenvalue weighted by atomic mass is 9.83. The third-order valence-corrected chi connectivity index (χ3v) is 3.12. The van der Waals surface area contributed by atoms with E-state index in [-0.39, 0.29) is 12.5 Å². The summed E-state index contributed by atoms with van der Waals surface area (Å²) in [6.07, 6.45) is 0.891. The first-order valence-corrected chi connectivity index (χ1v) is 5.04. The minimum atomic E-state index is -0.725. The van der Waals surface area contributed by atoms with Crippen LogP contribution < -0.4 is 0 Å². The van der Waals surface area contributed by atoms with Gasteiger partial charge in [0.1, 0.15) is 0 Å². The second kappa shape index (κ2) is 3.95. The van der Waals surface area contributed by atoms with Gasteiger partial charge in [0.25, 0.3) is 0 Å². The Hall–Kier alpha value is -0.120. The molecule has 0 aliphatic carbocycles. The molecule has 1 saturated heterocycles. The van der Waals surface area contributed by atoms with Crippen molar-refractivity contribution >= 4 is 0 Å². The lowest BCUT2D eigenvalue weighted by molar-refractivity contribution is -0.0859. The van der Waals surface area contributed by atoms with Gasteiger partial charge in [-0.05, 0) is 33.7 Å². The lowest BCUT2D eigenvalue weighted by Crippen LogP contribution is -2.54. The molecule has 78 valence electrons. The summed E-state index contributed by atoms with van der Waals surface area (Å²) in [4.78, 5) is 2.26. The van der Waals surface area contributed by atoms with Gasteiger partial charge in [0, 0.05) is 25.1 Å². The van der Waals surface area contributed by atoms with Gasteiger partial charge in [-0.1, -0.05) is 0 Å². The Bertz CT molecular complexity index is 168. The number of aliphatic hydroxyl groups excluding tert-OH is 1. The van der Waals surface area contributed by atoms with Crippen molar-refractivity contribution in [2.75, 3.05) is 19.7 Å². The van der Waals surface area contributed by atoms with Gasteiger partial charge >= 0.3 is 0 Å². The monoisotopic (exact) mass is 187 g/mol. The first-order valence-electron chi connectivity index (χ1n) is 5.04. The van der Waals surface area contributed by atoms with E-state index in [2.05, 4.69) is 18.7 Å². The number of likely N-dealkylation sites (tertiary alicyclic amines) is 1. The highest BCUT2D eigenvalue weighted by molar-refractivity contribution is 4.90. The summed E-state index contributed by atoms with van der Waals surface area (Å²) < 4.78 is 0. The van der Waals surface area contributed by atoms with Gasteiger partial charge in [0.05, 0.1) is 5.60 Å². The first-order chi connectivity index (χ1) is 5.97. The summed E-state index contributed by atoms with van der Waals surface area (Å²) in [5, 5.41) is 19.1. The van der Waals surface area contributed by atoms with Crippen molar-refractivity contribution in [3.8, 4) is 0 Å². The molecule has 0 unspecified atom stereocenters. The molecule has 0 aromatic heterocycles. The fourth-order valence-corrected chi connectivity index (χ4v) is 1.98. The minimum absolute atomic E-state index is 0.0440. The van der Waals surface area contributed by atoms with Crippen molar-refractivity contribution in [2.24, 2.45) is 5.92 Å². The molecule has 3 heteroatoms. The summed E-state index contributed by atoms with van der Waals surface area (Å²) in [5.74, 6) is 0.0440. The van der Waals surface area contributed by atoms with Crippen LogP contribution in [0.25, 0.3) is 0 Å². The molecular formula is C10H21NO2. The molecule has 3 nitrogen and oxygen atoms in total. The van der Waals surface area contributed by atoms with E-state index in [1.807, 2.05) is 6.92 Å². The summed E-state index contributed by atoms with van der Waals surface area (Å²) in [6.45, 7) is 7.85. The average molecular weight is 187 g/mol. The highest BCUT2D eigenvalue weighted by Gasteiger charge is 2.37. The Kier molecular flexibility index (Phi) is 3.33. The maximum atomic E-state index is 10.1. The van der Waals surface area contributed by atoms with Crippen LogP contribution in [-0.2, 0) is 0 Å². The minimum Gasteiger partial charge on any atom is -0.396 e. The highest BCUT2D eigenvalue weighted by Crippen LogP contribution is 2.27. The number of rotatable bonds is 2. The zero-order chi connectivity index (χ0) is 10.1. The molecule has 1 fully saturated rings. The number of β-amino-alcohol motifs (C(OH)–C–C–N with tert-alkyl or cyclic N) is 1. The zero-order valence-electron chi connectivity index (χ0n) is 8.82. The molecule has 0 amide bonds. The Labute approximate surface area is 80.4 Å². The molecular weight excluding hydrogens is 166 g/mol. The van der Waals surface area contributed by atoms with Crippen molar-refractivity contribution in [3.63, 3.8) is 0 Å². The van der Waals surface area contributed by atoms with Crippen LogP contribution in [0.2, 0.25) is 0 Å². The molecule has 0 aromatic rings. The summed E-state index contributed by atoms with van der Waals surface area (Å²) in [7, 11) is 0. The number of hydrogen-bond donors (Lipinski definition) is 2. The number of nitrogens with zero attached hydrogens (tertiary/aromatic N) is 1. The molecule has 2 N–H and O–H groups in total. The lowest BCUT2D eigenvalue weighted by Gasteiger charge is -2.44. The molecule has 0 radical (unpaired) electrons. The van der Waals surface area contributed by atoms with Gasteiger partial charge in [-0.3, -0.25) is 4.90 Å². The van der Waals surface area contributed by atoms with Crippen molar-refractivity contribution in [2.45, 2.75) is 38.8 Å². The number of piperidine rings is 1. The van der Waals surface area contributed by atoms with Crippen molar-refractivity contribution in [1.29, 1.82) is 0 Å². The Morgan fingerprint density at radius 2 is 2.15 bits per heavy atom. The third-order valence-electron chi connectivity index (χ3n) is 3.12. The van der Waals surface area contributed by atoms with E-state index in [4.69, 9.17) is 5.11 Å². The van der Waals surface area contributed by atoms with Gasteiger partial charge in [-0.2, -0.15) is 0 Å². The van der Waals surface area contributed by atoms with E-state index in [9.17, 15) is 5.11 Å². The Morgan fingerprint density at radius 3 is 2.54 bits per heavy atom. The fraction of sp³-hybridized carbons (Fsp3) is 1.00. The largest absolute Gasteiger partial charge is 0.396 e. The predicted molar refractivity (Wildman–Crippen MR) is 52.5 cm³/mol. The second-order valence-electron chi connectivity index (χ2n) is 4.59. The van der Waals surface area contributed by atoms with Crippen molar-refractivity contribution in [3.05, 3.63) is 0 Å². The number of hydrogen-bond acceptors (Lipinski definition) is 3. The average Bonchev–Trinajstić information content (AvgIpc) is 2.02. The van der Waals surface area contributed by atoms with Crippen LogP contribution in [-0.4, -0.2) is 46.5 Å². The molecule has 1 aliphatic heterocycles. The van der Waals surface area contributed by atoms with Crippen LogP contribution in [0.1, 0.15) is 27.2 Å². The first kappa shape index (κ1) is 11.0. The van der Waals surface area contributed by atoms with Crippen LogP contribution >= 0.6 is 0 Å². The topological polar surface area (TPSA) is 43.7 Å². The number of aliphatic hydroxyl groups is 2. The van der Waals surface area contributed by atoms with E-state index in [1.54, 1.807) is 0 Å². The van der Waals surface area contributed by atoms with Gasteiger partial charge < -0.3 is 10.2 Å². The highest BCUT2D eigenvalue weighted by atomic mass is 16.3. The normalized spacial score (nSPS) is 36.9. The summed E-state index contributed by atoms with van der Waals surface area (Å²) in [6, 6.07) is 0.478. The van der Waals surface area contributed by atoms with E-state index in [0.29, 0.717) is 12.6 Å². The van der Waals surface area contributed by atoms with Gasteiger partial charge in [0.2, 0.25) is 0 Å². The van der Waals surface area contributed by atoms with Crippen LogP contribution in [0.3, 0.4) is 0 Å². The van der Waals surface area contributed by atoms with Gasteiger partial charge in [-0.15, -0.1) is 0 Å². The van der Waals surface area contributed by atoms with E-state index in [1.165, 1.54) is 0 Å². The Morgan fingerprint density at radius 1 is 1.54 bits per heavy atom. The van der Waals surface area contributed by atoms with E-state index in [0.717, 1.165) is 13.0 Å². The quantitative estimate of drug-likeness (QED) is 0.660. The molecule has 1 rings (SSSR count).